The van der Waals surface area contributed by atoms with E-state index < -0.39 is 12.7 Å². The summed E-state index contributed by atoms with van der Waals surface area (Å²) in [7, 11) is 0. The molecule has 0 amide bonds. The third-order valence-electron chi connectivity index (χ3n) is 8.23. The zero-order chi connectivity index (χ0) is 30.5. The molecular formula is C35H39NO. The van der Waals surface area contributed by atoms with Gasteiger partial charge in [0.1, 0.15) is 11.2 Å². The molecule has 6 rings (SSSR count). The van der Waals surface area contributed by atoms with Crippen molar-refractivity contribution in [2.75, 3.05) is 0 Å². The SMILES string of the molecule is [2H]Cc1cc(-c2cccc3c2oc2c4cc(C5([2H])C(C)(C)CC(C)(C)CC5(C)C)ccc4ccc32)ncc1C([2H])([2H])[2H]. The maximum Gasteiger partial charge on any atom is 0.144 e. The topological polar surface area (TPSA) is 26.0 Å². The van der Waals surface area contributed by atoms with Gasteiger partial charge in [-0.15, -0.1) is 0 Å². The van der Waals surface area contributed by atoms with E-state index in [4.69, 9.17) is 9.90 Å². The van der Waals surface area contributed by atoms with Crippen LogP contribution in [0, 0.1) is 30.0 Å². The van der Waals surface area contributed by atoms with Gasteiger partial charge in [-0.3, -0.25) is 4.98 Å². The Kier molecular flexibility index (Phi) is 4.08. The summed E-state index contributed by atoms with van der Waals surface area (Å²) < 4.78 is 48.2. The zero-order valence-electron chi connectivity index (χ0n) is 27.8. The molecule has 0 N–H and O–H groups in total. The Morgan fingerprint density at radius 3 is 2.30 bits per heavy atom. The molecule has 190 valence electrons. The van der Waals surface area contributed by atoms with Crippen molar-refractivity contribution < 1.29 is 11.3 Å². The molecule has 0 atom stereocenters. The van der Waals surface area contributed by atoms with Crippen molar-refractivity contribution in [1.29, 1.82) is 0 Å². The van der Waals surface area contributed by atoms with Crippen LogP contribution in [0.5, 0.6) is 0 Å². The van der Waals surface area contributed by atoms with E-state index in [9.17, 15) is 1.37 Å². The number of benzene rings is 3. The second-order valence-electron chi connectivity index (χ2n) is 13.0. The average molecular weight is 495 g/mol. The smallest absolute Gasteiger partial charge is 0.144 e. The summed E-state index contributed by atoms with van der Waals surface area (Å²) in [5.41, 5.74) is 4.01. The van der Waals surface area contributed by atoms with Crippen molar-refractivity contribution in [1.82, 2.24) is 4.98 Å². The van der Waals surface area contributed by atoms with Crippen LogP contribution in [0.2, 0.25) is 0 Å². The molecule has 0 radical (unpaired) electrons. The number of aryl methyl sites for hydroxylation is 2. The molecule has 1 aliphatic rings. The first-order valence-corrected chi connectivity index (χ1v) is 13.2. The molecule has 2 heteroatoms. The Labute approximate surface area is 228 Å². The minimum atomic E-state index is -2.32. The standard InChI is InChI=1S/C35H39NO/c1-21-16-29(36-18-22(21)2)27-11-9-10-25-26-15-14-23-12-13-24(17-28(23)31(26)37-30(25)27)32-34(5,6)19-33(3,4)20-35(32,7)8/h9-18,32H,19-20H2,1-8H3/i1D,2D3,32D. The van der Waals surface area contributed by atoms with Crippen LogP contribution in [0.25, 0.3) is 44.0 Å². The summed E-state index contributed by atoms with van der Waals surface area (Å²) in [5, 5.41) is 3.97. The lowest BCUT2D eigenvalue weighted by Crippen LogP contribution is -2.45. The highest BCUT2D eigenvalue weighted by atomic mass is 16.3. The minimum Gasteiger partial charge on any atom is -0.455 e. The van der Waals surface area contributed by atoms with Crippen LogP contribution in [0.3, 0.4) is 0 Å². The van der Waals surface area contributed by atoms with Crippen LogP contribution in [0.1, 0.15) is 83.8 Å². The zero-order valence-corrected chi connectivity index (χ0v) is 22.8. The third kappa shape index (κ3) is 3.88. The van der Waals surface area contributed by atoms with Crippen LogP contribution >= 0.6 is 0 Å². The molecule has 0 aliphatic heterocycles. The third-order valence-corrected chi connectivity index (χ3v) is 8.23. The van der Waals surface area contributed by atoms with Gasteiger partial charge < -0.3 is 4.42 Å². The average Bonchev–Trinajstić information content (AvgIpc) is 3.28. The molecule has 0 saturated heterocycles. The van der Waals surface area contributed by atoms with Crippen molar-refractivity contribution in [3.63, 3.8) is 0 Å². The fraction of sp³-hybridized carbons (Fsp3) is 0.400. The predicted octanol–water partition coefficient (Wildman–Crippen LogP) is 10.4. The number of hydrogen-bond acceptors (Lipinski definition) is 2. The number of para-hydroxylation sites is 1. The Balaban J connectivity index is 1.57. The summed E-state index contributed by atoms with van der Waals surface area (Å²) in [5.74, 6) is -0.801. The highest BCUT2D eigenvalue weighted by Gasteiger charge is 2.50. The van der Waals surface area contributed by atoms with E-state index in [0.717, 1.165) is 51.1 Å². The Morgan fingerprint density at radius 1 is 0.838 bits per heavy atom. The maximum atomic E-state index is 10.1. The summed E-state index contributed by atoms with van der Waals surface area (Å²) in [6.45, 7) is 11.2. The molecule has 1 aliphatic carbocycles. The lowest BCUT2D eigenvalue weighted by Gasteiger charge is -2.55. The van der Waals surface area contributed by atoms with Gasteiger partial charge in [0.25, 0.3) is 0 Å². The molecule has 1 saturated carbocycles. The van der Waals surface area contributed by atoms with Gasteiger partial charge in [-0.1, -0.05) is 71.9 Å². The van der Waals surface area contributed by atoms with Crippen molar-refractivity contribution >= 4 is 32.7 Å². The molecule has 5 aromatic rings. The van der Waals surface area contributed by atoms with E-state index in [0.29, 0.717) is 16.8 Å². The molecule has 2 heterocycles. The molecule has 0 spiro atoms. The van der Waals surface area contributed by atoms with Gasteiger partial charge in [0.15, 0.2) is 0 Å². The molecule has 2 nitrogen and oxygen atoms in total. The number of hydrogen-bond donors (Lipinski definition) is 0. The highest BCUT2D eigenvalue weighted by Crippen LogP contribution is 2.61. The minimum absolute atomic E-state index is 0.109. The largest absolute Gasteiger partial charge is 0.455 e. The van der Waals surface area contributed by atoms with E-state index in [1.165, 1.54) is 6.20 Å². The van der Waals surface area contributed by atoms with E-state index in [2.05, 4.69) is 76.9 Å². The fourth-order valence-electron chi connectivity index (χ4n) is 7.91. The number of aromatic nitrogens is 1. The van der Waals surface area contributed by atoms with Gasteiger partial charge in [0, 0.05) is 34.8 Å². The summed E-state index contributed by atoms with van der Waals surface area (Å²) >= 11 is 0. The van der Waals surface area contributed by atoms with E-state index in [-0.39, 0.29) is 28.7 Å². The van der Waals surface area contributed by atoms with Crippen molar-refractivity contribution in [2.45, 2.75) is 74.0 Å². The van der Waals surface area contributed by atoms with Crippen LogP contribution in [0.4, 0.5) is 0 Å². The molecule has 3 aromatic carbocycles. The molecule has 1 fully saturated rings. The van der Waals surface area contributed by atoms with Crippen LogP contribution in [0.15, 0.2) is 65.2 Å². The highest BCUT2D eigenvalue weighted by molar-refractivity contribution is 6.17. The van der Waals surface area contributed by atoms with Crippen LogP contribution < -0.4 is 0 Å². The van der Waals surface area contributed by atoms with Crippen molar-refractivity contribution in [3.05, 3.63) is 77.5 Å². The van der Waals surface area contributed by atoms with E-state index in [1.807, 2.05) is 18.2 Å². The van der Waals surface area contributed by atoms with Gasteiger partial charge in [-0.2, -0.15) is 0 Å². The van der Waals surface area contributed by atoms with Gasteiger partial charge in [0.05, 0.1) is 5.69 Å². The fourth-order valence-corrected chi connectivity index (χ4v) is 7.91. The van der Waals surface area contributed by atoms with Crippen LogP contribution in [-0.2, 0) is 0 Å². The van der Waals surface area contributed by atoms with E-state index in [1.54, 1.807) is 6.07 Å². The van der Waals surface area contributed by atoms with Crippen molar-refractivity contribution in [2.24, 2.45) is 16.2 Å². The first-order chi connectivity index (χ1) is 19.5. The maximum absolute atomic E-state index is 10.1. The van der Waals surface area contributed by atoms with Crippen molar-refractivity contribution in [3.8, 4) is 11.3 Å². The summed E-state index contributed by atoms with van der Waals surface area (Å²) in [6, 6.07) is 18.2. The van der Waals surface area contributed by atoms with Gasteiger partial charge >= 0.3 is 0 Å². The second-order valence-corrected chi connectivity index (χ2v) is 13.0. The first kappa shape index (κ1) is 19.0. The lowest BCUT2D eigenvalue weighted by molar-refractivity contribution is -0.00947. The molecular weight excluding hydrogens is 450 g/mol. The number of fused-ring (bicyclic) bond motifs is 5. The second kappa shape index (κ2) is 7.93. The molecule has 0 bridgehead atoms. The number of furan rings is 1. The molecule has 2 aromatic heterocycles. The van der Waals surface area contributed by atoms with Gasteiger partial charge in [-0.05, 0) is 95.1 Å². The first-order valence-electron chi connectivity index (χ1n) is 15.9. The van der Waals surface area contributed by atoms with Gasteiger partial charge in [0.2, 0.25) is 0 Å². The normalized spacial score (nSPS) is 22.3. The summed E-state index contributed by atoms with van der Waals surface area (Å²) in [6.07, 6.45) is 3.31. The predicted molar refractivity (Wildman–Crippen MR) is 157 cm³/mol. The number of rotatable bonds is 2. The summed E-state index contributed by atoms with van der Waals surface area (Å²) in [4.78, 5) is 4.51. The van der Waals surface area contributed by atoms with Crippen LogP contribution in [-0.4, -0.2) is 4.98 Å². The Hall–Kier alpha value is -3.13. The van der Waals surface area contributed by atoms with Gasteiger partial charge in [-0.25, -0.2) is 0 Å². The Morgan fingerprint density at radius 2 is 1.57 bits per heavy atom. The quantitative estimate of drug-likeness (QED) is 0.244. The monoisotopic (exact) mass is 494 g/mol. The molecule has 37 heavy (non-hydrogen) atoms. The van der Waals surface area contributed by atoms with E-state index >= 15 is 0 Å². The Bertz CT molecular complexity index is 1840. The molecule has 0 unspecified atom stereocenters. The number of pyridine rings is 1. The number of nitrogens with zero attached hydrogens (tertiary/aromatic N) is 1. The lowest BCUT2D eigenvalue weighted by atomic mass is 9.49.